The Morgan fingerprint density at radius 1 is 1.50 bits per heavy atom. The zero-order valence-corrected chi connectivity index (χ0v) is 10.0. The van der Waals surface area contributed by atoms with E-state index < -0.39 is 0 Å². The summed E-state index contributed by atoms with van der Waals surface area (Å²) in [5, 5.41) is 0.455. The number of ether oxygens (including phenoxy) is 1. The normalized spacial score (nSPS) is 19.8. The summed E-state index contributed by atoms with van der Waals surface area (Å²) in [6, 6.07) is 3.27. The fraction of sp³-hybridized carbons (Fsp3) is 0.417. The Labute approximate surface area is 99.1 Å². The van der Waals surface area contributed by atoms with Gasteiger partial charge in [0, 0.05) is 17.0 Å². The van der Waals surface area contributed by atoms with Crippen molar-refractivity contribution >= 4 is 17.5 Å². The lowest BCUT2D eigenvalue weighted by Gasteiger charge is -2.09. The molecule has 0 saturated carbocycles. The average molecular weight is 242 g/mol. The molecule has 2 nitrogen and oxygen atoms in total. The predicted octanol–water partition coefficient (Wildman–Crippen LogP) is 3.67. The Bertz CT molecular complexity index is 422. The maximum absolute atomic E-state index is 13.5. The Kier molecular flexibility index (Phi) is 3.15. The minimum absolute atomic E-state index is 0.0254. The maximum Gasteiger partial charge on any atom is 0.183 e. The van der Waals surface area contributed by atoms with Crippen LogP contribution in [0.1, 0.15) is 30.0 Å². The Morgan fingerprint density at radius 3 is 2.81 bits per heavy atom. The molecule has 1 aliphatic heterocycles. The Hall–Kier alpha value is -1.09. The van der Waals surface area contributed by atoms with Crippen molar-refractivity contribution in [2.45, 2.75) is 25.8 Å². The molecular weight excluding hydrogens is 229 g/mol. The van der Waals surface area contributed by atoms with Crippen molar-refractivity contribution in [1.29, 1.82) is 0 Å². The van der Waals surface area contributed by atoms with Gasteiger partial charge in [0.2, 0.25) is 0 Å². The Balaban J connectivity index is 2.32. The number of halogens is 2. The number of benzene rings is 1. The minimum Gasteiger partial charge on any atom is -0.484 e. The molecule has 0 saturated heterocycles. The molecule has 0 spiro atoms. The van der Waals surface area contributed by atoms with Crippen LogP contribution in [0.15, 0.2) is 17.1 Å². The first-order chi connectivity index (χ1) is 7.61. The topological polar surface area (TPSA) is 21.6 Å². The van der Waals surface area contributed by atoms with Crippen molar-refractivity contribution in [3.05, 3.63) is 34.1 Å². The van der Waals surface area contributed by atoms with Gasteiger partial charge in [-0.05, 0) is 31.0 Å². The second kappa shape index (κ2) is 4.42. The highest BCUT2D eigenvalue weighted by atomic mass is 35.5. The monoisotopic (exact) mass is 241 g/mol. The molecule has 86 valence electrons. The smallest absolute Gasteiger partial charge is 0.183 e. The number of hydrogen-bond donors (Lipinski definition) is 0. The Morgan fingerprint density at radius 2 is 2.25 bits per heavy atom. The highest BCUT2D eigenvalue weighted by Crippen LogP contribution is 2.32. The number of aliphatic imine (C=N–C) groups is 1. The van der Waals surface area contributed by atoms with Crippen molar-refractivity contribution in [3.63, 3.8) is 0 Å². The molecule has 2 rings (SSSR count). The van der Waals surface area contributed by atoms with E-state index in [1.54, 1.807) is 20.1 Å². The van der Waals surface area contributed by atoms with Crippen LogP contribution in [0, 0.1) is 12.7 Å². The van der Waals surface area contributed by atoms with Gasteiger partial charge in [-0.25, -0.2) is 9.38 Å². The molecule has 1 aromatic carbocycles. The summed E-state index contributed by atoms with van der Waals surface area (Å²) in [5.41, 5.74) is 1.31. The molecule has 16 heavy (non-hydrogen) atoms. The molecular formula is C12H13ClFNO. The SMILES string of the molecule is COC1=NC(c2cc(F)c(C)c(Cl)c2)CC1. The van der Waals surface area contributed by atoms with Crippen LogP contribution in [-0.2, 0) is 4.74 Å². The van der Waals surface area contributed by atoms with Crippen LogP contribution in [0.2, 0.25) is 5.02 Å². The van der Waals surface area contributed by atoms with Gasteiger partial charge in [-0.15, -0.1) is 0 Å². The van der Waals surface area contributed by atoms with Crippen molar-refractivity contribution in [3.8, 4) is 0 Å². The van der Waals surface area contributed by atoms with Gasteiger partial charge in [-0.2, -0.15) is 0 Å². The van der Waals surface area contributed by atoms with Gasteiger partial charge in [-0.3, -0.25) is 0 Å². The zero-order valence-electron chi connectivity index (χ0n) is 9.26. The van der Waals surface area contributed by atoms with Crippen LogP contribution in [0.4, 0.5) is 4.39 Å². The van der Waals surface area contributed by atoms with E-state index in [1.807, 2.05) is 0 Å². The summed E-state index contributed by atoms with van der Waals surface area (Å²) >= 11 is 5.95. The van der Waals surface area contributed by atoms with Gasteiger partial charge >= 0.3 is 0 Å². The zero-order chi connectivity index (χ0) is 11.7. The fourth-order valence-corrected chi connectivity index (χ4v) is 2.03. The molecule has 0 radical (unpaired) electrons. The van der Waals surface area contributed by atoms with E-state index in [1.165, 1.54) is 6.07 Å². The number of hydrogen-bond acceptors (Lipinski definition) is 2. The van der Waals surface area contributed by atoms with E-state index in [2.05, 4.69) is 4.99 Å². The van der Waals surface area contributed by atoms with Gasteiger partial charge in [0.1, 0.15) is 5.82 Å². The minimum atomic E-state index is -0.274. The van der Waals surface area contributed by atoms with Crippen LogP contribution in [0.3, 0.4) is 0 Å². The lowest BCUT2D eigenvalue weighted by molar-refractivity contribution is 0.395. The lowest BCUT2D eigenvalue weighted by Crippen LogP contribution is -1.95. The molecule has 1 aliphatic rings. The van der Waals surface area contributed by atoms with Gasteiger partial charge in [0.15, 0.2) is 5.90 Å². The third-order valence-electron chi connectivity index (χ3n) is 2.86. The summed E-state index contributed by atoms with van der Waals surface area (Å²) in [7, 11) is 1.60. The van der Waals surface area contributed by atoms with Gasteiger partial charge in [0.25, 0.3) is 0 Å². The van der Waals surface area contributed by atoms with E-state index in [-0.39, 0.29) is 11.9 Å². The first kappa shape index (κ1) is 11.4. The molecule has 0 amide bonds. The first-order valence-corrected chi connectivity index (χ1v) is 5.56. The molecule has 0 aliphatic carbocycles. The van der Waals surface area contributed by atoms with Gasteiger partial charge in [0.05, 0.1) is 13.2 Å². The highest BCUT2D eigenvalue weighted by molar-refractivity contribution is 6.31. The third kappa shape index (κ3) is 2.05. The largest absolute Gasteiger partial charge is 0.484 e. The number of nitrogens with zero attached hydrogens (tertiary/aromatic N) is 1. The number of methoxy groups -OCH3 is 1. The van der Waals surface area contributed by atoms with Crippen LogP contribution >= 0.6 is 11.6 Å². The molecule has 0 aromatic heterocycles. The van der Waals surface area contributed by atoms with Crippen LogP contribution in [-0.4, -0.2) is 13.0 Å². The van der Waals surface area contributed by atoms with E-state index >= 15 is 0 Å². The molecule has 0 N–H and O–H groups in total. The van der Waals surface area contributed by atoms with Crippen molar-refractivity contribution < 1.29 is 9.13 Å². The third-order valence-corrected chi connectivity index (χ3v) is 3.25. The van der Waals surface area contributed by atoms with E-state index in [0.29, 0.717) is 10.6 Å². The predicted molar refractivity (Wildman–Crippen MR) is 62.6 cm³/mol. The van der Waals surface area contributed by atoms with Gasteiger partial charge in [-0.1, -0.05) is 11.6 Å². The van der Waals surface area contributed by atoms with Crippen LogP contribution in [0.5, 0.6) is 0 Å². The van der Waals surface area contributed by atoms with Crippen LogP contribution in [0.25, 0.3) is 0 Å². The fourth-order valence-electron chi connectivity index (χ4n) is 1.82. The molecule has 0 fully saturated rings. The highest BCUT2D eigenvalue weighted by Gasteiger charge is 2.21. The molecule has 1 unspecified atom stereocenters. The van der Waals surface area contributed by atoms with Crippen molar-refractivity contribution in [2.24, 2.45) is 4.99 Å². The average Bonchev–Trinajstić information content (AvgIpc) is 2.73. The second-order valence-electron chi connectivity index (χ2n) is 3.89. The van der Waals surface area contributed by atoms with E-state index in [4.69, 9.17) is 16.3 Å². The molecule has 1 atom stereocenters. The molecule has 4 heteroatoms. The molecule has 1 aromatic rings. The summed E-state index contributed by atoms with van der Waals surface area (Å²) in [6.07, 6.45) is 1.65. The van der Waals surface area contributed by atoms with E-state index in [9.17, 15) is 4.39 Å². The van der Waals surface area contributed by atoms with Crippen molar-refractivity contribution in [2.75, 3.05) is 7.11 Å². The quantitative estimate of drug-likeness (QED) is 0.735. The number of rotatable bonds is 1. The van der Waals surface area contributed by atoms with Crippen LogP contribution < -0.4 is 0 Å². The van der Waals surface area contributed by atoms with Crippen molar-refractivity contribution in [1.82, 2.24) is 0 Å². The second-order valence-corrected chi connectivity index (χ2v) is 4.30. The summed E-state index contributed by atoms with van der Waals surface area (Å²) in [5.74, 6) is 0.450. The summed E-state index contributed by atoms with van der Waals surface area (Å²) in [4.78, 5) is 4.36. The molecule has 0 bridgehead atoms. The lowest BCUT2D eigenvalue weighted by atomic mass is 10.0. The maximum atomic E-state index is 13.5. The summed E-state index contributed by atoms with van der Waals surface area (Å²) < 4.78 is 18.6. The first-order valence-electron chi connectivity index (χ1n) is 5.18. The molecule has 1 heterocycles. The van der Waals surface area contributed by atoms with Gasteiger partial charge < -0.3 is 4.74 Å². The summed E-state index contributed by atoms with van der Waals surface area (Å²) in [6.45, 7) is 1.67. The standard InChI is InChI=1S/C12H13ClFNO/c1-7-9(13)5-8(6-10(7)14)11-3-4-12(15-11)16-2/h5-6,11H,3-4H2,1-2H3. The van der Waals surface area contributed by atoms with E-state index in [0.717, 1.165) is 24.3 Å².